The molecule has 1 aromatic carbocycles. The highest BCUT2D eigenvalue weighted by Gasteiger charge is 2.42. The van der Waals surface area contributed by atoms with E-state index in [4.69, 9.17) is 9.47 Å². The smallest absolute Gasteiger partial charge is 0.227 e. The van der Waals surface area contributed by atoms with Gasteiger partial charge in [-0.1, -0.05) is 31.5 Å². The van der Waals surface area contributed by atoms with E-state index in [0.29, 0.717) is 32.5 Å². The van der Waals surface area contributed by atoms with Crippen molar-refractivity contribution in [2.75, 3.05) is 41.0 Å². The van der Waals surface area contributed by atoms with Gasteiger partial charge in [0.15, 0.2) is 0 Å². The standard InChI is InChI=1S/C22H34N2O4/c1-5-6-15-24-20(25)13-12-18(22(26)23(2)14-9-16-27-3)21(24)17-10-7-8-11-19(17)28-4/h7-8,10-11,18,21H,5-6,9,12-16H2,1-4H3. The minimum absolute atomic E-state index is 0.0843. The molecule has 1 aromatic rings. The number of para-hydroxylation sites is 1. The molecule has 6 heteroatoms. The summed E-state index contributed by atoms with van der Waals surface area (Å²) >= 11 is 0. The van der Waals surface area contributed by atoms with Crippen molar-refractivity contribution in [2.24, 2.45) is 5.92 Å². The molecule has 0 N–H and O–H groups in total. The van der Waals surface area contributed by atoms with Gasteiger partial charge in [0.25, 0.3) is 0 Å². The Morgan fingerprint density at radius 1 is 1.25 bits per heavy atom. The first-order chi connectivity index (χ1) is 13.5. The lowest BCUT2D eigenvalue weighted by atomic mass is 9.82. The van der Waals surface area contributed by atoms with E-state index in [1.54, 1.807) is 19.1 Å². The summed E-state index contributed by atoms with van der Waals surface area (Å²) in [5, 5.41) is 0. The average Bonchev–Trinajstić information content (AvgIpc) is 2.72. The van der Waals surface area contributed by atoms with Gasteiger partial charge in [0, 0.05) is 45.8 Å². The predicted octanol–water partition coefficient (Wildman–Crippen LogP) is 3.27. The van der Waals surface area contributed by atoms with Crippen molar-refractivity contribution >= 4 is 11.8 Å². The number of hydrogen-bond donors (Lipinski definition) is 0. The number of likely N-dealkylation sites (tertiary alicyclic amines) is 1. The van der Waals surface area contributed by atoms with Crippen molar-refractivity contribution in [2.45, 2.75) is 45.1 Å². The maximum Gasteiger partial charge on any atom is 0.227 e. The predicted molar refractivity (Wildman–Crippen MR) is 109 cm³/mol. The Kier molecular flexibility index (Phi) is 8.77. The number of carbonyl (C=O) groups excluding carboxylic acids is 2. The van der Waals surface area contributed by atoms with Gasteiger partial charge in [-0.2, -0.15) is 0 Å². The summed E-state index contributed by atoms with van der Waals surface area (Å²) in [5.41, 5.74) is 0.915. The van der Waals surface area contributed by atoms with Gasteiger partial charge in [-0.25, -0.2) is 0 Å². The molecule has 1 fully saturated rings. The Labute approximate surface area is 168 Å². The largest absolute Gasteiger partial charge is 0.496 e. The molecule has 0 aromatic heterocycles. The normalized spacial score (nSPS) is 19.6. The summed E-state index contributed by atoms with van der Waals surface area (Å²) in [6.45, 7) is 4.04. The number of methoxy groups -OCH3 is 2. The summed E-state index contributed by atoms with van der Waals surface area (Å²) in [7, 11) is 5.13. The molecule has 2 amide bonds. The third-order valence-electron chi connectivity index (χ3n) is 5.45. The minimum atomic E-state index is -0.290. The zero-order valence-electron chi connectivity index (χ0n) is 17.6. The lowest BCUT2D eigenvalue weighted by Crippen LogP contribution is -2.49. The Morgan fingerprint density at radius 3 is 2.68 bits per heavy atom. The lowest BCUT2D eigenvalue weighted by molar-refractivity contribution is -0.147. The molecule has 1 aliphatic heterocycles. The fraction of sp³-hybridized carbons (Fsp3) is 0.636. The van der Waals surface area contributed by atoms with Crippen molar-refractivity contribution in [3.8, 4) is 5.75 Å². The molecule has 2 unspecified atom stereocenters. The molecule has 0 radical (unpaired) electrons. The first-order valence-corrected chi connectivity index (χ1v) is 10.2. The summed E-state index contributed by atoms with van der Waals surface area (Å²) < 4.78 is 10.7. The molecule has 6 nitrogen and oxygen atoms in total. The molecule has 28 heavy (non-hydrogen) atoms. The average molecular weight is 391 g/mol. The number of amides is 2. The maximum atomic E-state index is 13.3. The molecule has 1 heterocycles. The van der Waals surface area contributed by atoms with Gasteiger partial charge in [-0.05, 0) is 25.3 Å². The Morgan fingerprint density at radius 2 is 2.00 bits per heavy atom. The monoisotopic (exact) mass is 390 g/mol. The van der Waals surface area contributed by atoms with Crippen LogP contribution in [0.3, 0.4) is 0 Å². The molecule has 1 aliphatic rings. The fourth-order valence-corrected chi connectivity index (χ4v) is 3.94. The number of rotatable bonds is 10. The van der Waals surface area contributed by atoms with Gasteiger partial charge >= 0.3 is 0 Å². The van der Waals surface area contributed by atoms with Gasteiger partial charge in [0.2, 0.25) is 11.8 Å². The van der Waals surface area contributed by atoms with Crippen LogP contribution in [0.5, 0.6) is 5.75 Å². The van der Waals surface area contributed by atoms with Gasteiger partial charge in [-0.3, -0.25) is 9.59 Å². The Balaban J connectivity index is 2.35. The lowest BCUT2D eigenvalue weighted by Gasteiger charge is -2.42. The van der Waals surface area contributed by atoms with Crippen LogP contribution >= 0.6 is 0 Å². The quantitative estimate of drug-likeness (QED) is 0.576. The summed E-state index contributed by atoms with van der Waals surface area (Å²) in [6.07, 6.45) is 3.69. The van der Waals surface area contributed by atoms with Crippen LogP contribution in [-0.2, 0) is 14.3 Å². The fourth-order valence-electron chi connectivity index (χ4n) is 3.94. The molecular formula is C22H34N2O4. The van der Waals surface area contributed by atoms with Crippen molar-refractivity contribution in [3.63, 3.8) is 0 Å². The Hall–Kier alpha value is -2.08. The zero-order valence-corrected chi connectivity index (χ0v) is 17.6. The molecule has 0 spiro atoms. The Bertz CT molecular complexity index is 649. The van der Waals surface area contributed by atoms with Crippen molar-refractivity contribution in [1.29, 1.82) is 0 Å². The number of piperidine rings is 1. The van der Waals surface area contributed by atoms with E-state index in [9.17, 15) is 9.59 Å². The molecular weight excluding hydrogens is 356 g/mol. The van der Waals surface area contributed by atoms with Crippen LogP contribution < -0.4 is 4.74 Å². The summed E-state index contributed by atoms with van der Waals surface area (Å²) in [4.78, 5) is 29.8. The first-order valence-electron chi connectivity index (χ1n) is 10.2. The van der Waals surface area contributed by atoms with Crippen LogP contribution in [0.2, 0.25) is 0 Å². The topological polar surface area (TPSA) is 59.1 Å². The van der Waals surface area contributed by atoms with Crippen LogP contribution in [0, 0.1) is 5.92 Å². The van der Waals surface area contributed by atoms with Gasteiger partial charge < -0.3 is 19.3 Å². The maximum absolute atomic E-state index is 13.3. The molecule has 1 saturated heterocycles. The van der Waals surface area contributed by atoms with Crippen molar-refractivity contribution in [3.05, 3.63) is 29.8 Å². The number of hydrogen-bond acceptors (Lipinski definition) is 4. The number of unbranched alkanes of at least 4 members (excludes halogenated alkanes) is 1. The van der Waals surface area contributed by atoms with E-state index in [2.05, 4.69) is 6.92 Å². The van der Waals surface area contributed by atoms with Crippen LogP contribution in [0.4, 0.5) is 0 Å². The van der Waals surface area contributed by atoms with E-state index in [1.807, 2.05) is 36.2 Å². The third kappa shape index (κ3) is 5.25. The van der Waals surface area contributed by atoms with E-state index in [0.717, 1.165) is 30.6 Å². The van der Waals surface area contributed by atoms with E-state index >= 15 is 0 Å². The first kappa shape index (κ1) is 22.2. The highest BCUT2D eigenvalue weighted by molar-refractivity contribution is 5.85. The second kappa shape index (κ2) is 11.1. The second-order valence-electron chi connectivity index (χ2n) is 7.38. The molecule has 0 bridgehead atoms. The van der Waals surface area contributed by atoms with Crippen LogP contribution in [0.1, 0.15) is 50.6 Å². The molecule has 0 saturated carbocycles. The van der Waals surface area contributed by atoms with E-state index in [-0.39, 0.29) is 23.8 Å². The molecule has 0 aliphatic carbocycles. The summed E-state index contributed by atoms with van der Waals surface area (Å²) in [5.74, 6) is 0.665. The number of ether oxygens (including phenoxy) is 2. The highest BCUT2D eigenvalue weighted by Crippen LogP contribution is 2.41. The van der Waals surface area contributed by atoms with Gasteiger partial charge in [-0.15, -0.1) is 0 Å². The van der Waals surface area contributed by atoms with Crippen molar-refractivity contribution < 1.29 is 19.1 Å². The van der Waals surface area contributed by atoms with Crippen LogP contribution in [0.15, 0.2) is 24.3 Å². The zero-order chi connectivity index (χ0) is 20.5. The molecule has 2 atom stereocenters. The molecule has 2 rings (SSSR count). The van der Waals surface area contributed by atoms with Crippen LogP contribution in [0.25, 0.3) is 0 Å². The van der Waals surface area contributed by atoms with Gasteiger partial charge in [0.1, 0.15) is 5.75 Å². The summed E-state index contributed by atoms with van der Waals surface area (Å²) in [6, 6.07) is 7.44. The number of carbonyl (C=O) groups is 2. The minimum Gasteiger partial charge on any atom is -0.496 e. The third-order valence-corrected chi connectivity index (χ3v) is 5.45. The SMILES string of the molecule is CCCCN1C(=O)CCC(C(=O)N(C)CCCOC)C1c1ccccc1OC. The van der Waals surface area contributed by atoms with Crippen LogP contribution in [-0.4, -0.2) is 62.6 Å². The number of benzene rings is 1. The van der Waals surface area contributed by atoms with E-state index < -0.39 is 0 Å². The molecule has 156 valence electrons. The van der Waals surface area contributed by atoms with Gasteiger partial charge in [0.05, 0.1) is 19.1 Å². The highest BCUT2D eigenvalue weighted by atomic mass is 16.5. The second-order valence-corrected chi connectivity index (χ2v) is 7.38. The van der Waals surface area contributed by atoms with E-state index in [1.165, 1.54) is 0 Å². The number of nitrogens with zero attached hydrogens (tertiary/aromatic N) is 2. The van der Waals surface area contributed by atoms with Crippen molar-refractivity contribution in [1.82, 2.24) is 9.80 Å².